The first-order chi connectivity index (χ1) is 9.81. The van der Waals surface area contributed by atoms with Crippen LogP contribution in [0.25, 0.3) is 0 Å². The van der Waals surface area contributed by atoms with Gasteiger partial charge in [0.2, 0.25) is 0 Å². The van der Waals surface area contributed by atoms with Gasteiger partial charge in [-0.25, -0.2) is 4.39 Å². The lowest BCUT2D eigenvalue weighted by Gasteiger charge is -2.14. The number of benzene rings is 1. The van der Waals surface area contributed by atoms with Crippen LogP contribution in [-0.2, 0) is 19.1 Å². The first kappa shape index (κ1) is 15.5. The summed E-state index contributed by atoms with van der Waals surface area (Å²) in [5.41, 5.74) is -0.725. The topological polar surface area (TPSA) is 38.0 Å². The van der Waals surface area contributed by atoms with Gasteiger partial charge in [-0.3, -0.25) is 4.68 Å². The highest BCUT2D eigenvalue weighted by Gasteiger charge is 2.31. The van der Waals surface area contributed by atoms with Crippen molar-refractivity contribution in [1.82, 2.24) is 9.78 Å². The van der Waals surface area contributed by atoms with Crippen molar-refractivity contribution >= 4 is 0 Å². The molecule has 0 radical (unpaired) electrons. The molecule has 0 spiro atoms. The molecule has 1 aromatic heterocycles. The van der Waals surface area contributed by atoms with Gasteiger partial charge in [0.05, 0.1) is 17.9 Å². The molecule has 0 aliphatic rings. The number of aliphatic hydroxyl groups excluding tert-OH is 1. The van der Waals surface area contributed by atoms with Gasteiger partial charge in [0.1, 0.15) is 5.82 Å². The molecule has 0 amide bonds. The molecule has 2 aromatic rings. The van der Waals surface area contributed by atoms with Crippen molar-refractivity contribution in [3.63, 3.8) is 0 Å². The fraction of sp³-hybridized carbons (Fsp3) is 0.357. The molecule has 0 aliphatic carbocycles. The Labute approximate surface area is 118 Å². The second kappa shape index (κ2) is 5.85. The minimum Gasteiger partial charge on any atom is -0.388 e. The monoisotopic (exact) mass is 302 g/mol. The number of aryl methyl sites for hydroxylation is 1. The highest BCUT2D eigenvalue weighted by atomic mass is 19.4. The van der Waals surface area contributed by atoms with Gasteiger partial charge in [0.25, 0.3) is 0 Å². The molecule has 114 valence electrons. The van der Waals surface area contributed by atoms with Gasteiger partial charge in [0.15, 0.2) is 0 Å². The summed E-state index contributed by atoms with van der Waals surface area (Å²) in [6, 6.07) is 2.02. The number of aromatic nitrogens is 2. The number of hydrogen-bond donors (Lipinski definition) is 1. The van der Waals surface area contributed by atoms with E-state index in [0.717, 1.165) is 6.07 Å². The zero-order chi connectivity index (χ0) is 15.6. The second-order valence-corrected chi connectivity index (χ2v) is 4.66. The van der Waals surface area contributed by atoms with Crippen LogP contribution >= 0.6 is 0 Å². The second-order valence-electron chi connectivity index (χ2n) is 4.66. The third-order valence-electron chi connectivity index (χ3n) is 3.12. The van der Waals surface area contributed by atoms with Crippen LogP contribution in [0.4, 0.5) is 17.6 Å². The Morgan fingerprint density at radius 2 is 2.05 bits per heavy atom. The predicted octanol–water partition coefficient (Wildman–Crippen LogP) is 3.34. The number of rotatable bonds is 4. The van der Waals surface area contributed by atoms with E-state index in [0.29, 0.717) is 24.2 Å². The summed E-state index contributed by atoms with van der Waals surface area (Å²) in [6.45, 7) is 2.51. The zero-order valence-electron chi connectivity index (χ0n) is 11.2. The third kappa shape index (κ3) is 3.60. The van der Waals surface area contributed by atoms with Crippen molar-refractivity contribution in [1.29, 1.82) is 0 Å². The van der Waals surface area contributed by atoms with Crippen molar-refractivity contribution in [2.75, 3.05) is 0 Å². The van der Waals surface area contributed by atoms with Gasteiger partial charge < -0.3 is 5.11 Å². The quantitative estimate of drug-likeness (QED) is 0.880. The van der Waals surface area contributed by atoms with Crippen LogP contribution < -0.4 is 0 Å². The highest BCUT2D eigenvalue weighted by molar-refractivity contribution is 5.29. The number of alkyl halides is 3. The van der Waals surface area contributed by atoms with Gasteiger partial charge in [-0.2, -0.15) is 18.3 Å². The maximum Gasteiger partial charge on any atom is 0.416 e. The lowest BCUT2D eigenvalue weighted by Crippen LogP contribution is -2.10. The largest absolute Gasteiger partial charge is 0.416 e. The van der Waals surface area contributed by atoms with Gasteiger partial charge >= 0.3 is 6.18 Å². The predicted molar refractivity (Wildman–Crippen MR) is 68.0 cm³/mol. The molecular formula is C14H14F4N2O. The van der Waals surface area contributed by atoms with E-state index < -0.39 is 23.7 Å². The Balaban J connectivity index is 2.23. The Morgan fingerprint density at radius 3 is 2.62 bits per heavy atom. The van der Waals surface area contributed by atoms with Crippen LogP contribution in [0.2, 0.25) is 0 Å². The van der Waals surface area contributed by atoms with Gasteiger partial charge in [0, 0.05) is 24.7 Å². The minimum atomic E-state index is -4.57. The van der Waals surface area contributed by atoms with Crippen LogP contribution in [0.1, 0.15) is 29.7 Å². The van der Waals surface area contributed by atoms with Crippen molar-refractivity contribution in [3.05, 3.63) is 53.1 Å². The molecule has 2 rings (SSSR count). The normalized spacial score (nSPS) is 13.4. The molecule has 0 saturated carbocycles. The standard InChI is InChI=1S/C14H14F4N2O/c1-2-20-8-9(7-19-20)5-13(21)11-6-10(14(16,17)18)3-4-12(11)15/h3-4,6-8,13,21H,2,5H2,1H3. The molecular weight excluding hydrogens is 288 g/mol. The summed E-state index contributed by atoms with van der Waals surface area (Å²) in [5.74, 6) is -0.863. The Hall–Kier alpha value is -1.89. The van der Waals surface area contributed by atoms with E-state index in [9.17, 15) is 22.7 Å². The first-order valence-corrected chi connectivity index (χ1v) is 6.37. The number of hydrogen-bond acceptors (Lipinski definition) is 2. The number of halogens is 4. The third-order valence-corrected chi connectivity index (χ3v) is 3.12. The van der Waals surface area contributed by atoms with E-state index >= 15 is 0 Å². The molecule has 0 saturated heterocycles. The van der Waals surface area contributed by atoms with Crippen molar-refractivity contribution in [2.45, 2.75) is 32.2 Å². The molecule has 21 heavy (non-hydrogen) atoms. The van der Waals surface area contributed by atoms with Crippen LogP contribution in [0.3, 0.4) is 0 Å². The Kier molecular flexibility index (Phi) is 4.32. The molecule has 1 unspecified atom stereocenters. The summed E-state index contributed by atoms with van der Waals surface area (Å²) in [5, 5.41) is 14.0. The van der Waals surface area contributed by atoms with E-state index in [1.165, 1.54) is 6.20 Å². The van der Waals surface area contributed by atoms with E-state index in [1.807, 2.05) is 6.92 Å². The molecule has 0 fully saturated rings. The van der Waals surface area contributed by atoms with Gasteiger partial charge in [-0.05, 0) is 30.7 Å². The molecule has 1 atom stereocenters. The molecule has 1 N–H and O–H groups in total. The zero-order valence-corrected chi connectivity index (χ0v) is 11.2. The van der Waals surface area contributed by atoms with Crippen LogP contribution in [0.15, 0.2) is 30.6 Å². The average Bonchev–Trinajstić information content (AvgIpc) is 2.85. The van der Waals surface area contributed by atoms with Crippen molar-refractivity contribution in [3.8, 4) is 0 Å². The van der Waals surface area contributed by atoms with E-state index in [-0.39, 0.29) is 12.0 Å². The maximum absolute atomic E-state index is 13.6. The minimum absolute atomic E-state index is 0.00176. The van der Waals surface area contributed by atoms with Crippen LogP contribution in [0.5, 0.6) is 0 Å². The fourth-order valence-electron chi connectivity index (χ4n) is 1.99. The Morgan fingerprint density at radius 1 is 1.33 bits per heavy atom. The van der Waals surface area contributed by atoms with Gasteiger partial charge in [-0.1, -0.05) is 0 Å². The summed E-state index contributed by atoms with van der Waals surface area (Å²) in [4.78, 5) is 0. The van der Waals surface area contributed by atoms with E-state index in [1.54, 1.807) is 10.9 Å². The molecule has 1 aromatic carbocycles. The molecule has 0 aliphatic heterocycles. The summed E-state index contributed by atoms with van der Waals surface area (Å²) < 4.78 is 53.1. The first-order valence-electron chi connectivity index (χ1n) is 6.37. The summed E-state index contributed by atoms with van der Waals surface area (Å²) in [7, 11) is 0. The SMILES string of the molecule is CCn1cc(CC(O)c2cc(C(F)(F)F)ccc2F)cn1. The molecule has 3 nitrogen and oxygen atoms in total. The lowest BCUT2D eigenvalue weighted by atomic mass is 10.0. The number of aliphatic hydroxyl groups is 1. The molecule has 1 heterocycles. The van der Waals surface area contributed by atoms with Crippen molar-refractivity contribution in [2.24, 2.45) is 0 Å². The molecule has 7 heteroatoms. The van der Waals surface area contributed by atoms with Gasteiger partial charge in [-0.15, -0.1) is 0 Å². The highest BCUT2D eigenvalue weighted by Crippen LogP contribution is 2.32. The smallest absolute Gasteiger partial charge is 0.388 e. The average molecular weight is 302 g/mol. The molecule has 0 bridgehead atoms. The summed E-state index contributed by atoms with van der Waals surface area (Å²) in [6.07, 6.45) is -2.78. The number of nitrogens with zero attached hydrogens (tertiary/aromatic N) is 2. The van der Waals surface area contributed by atoms with Crippen LogP contribution in [0, 0.1) is 5.82 Å². The van der Waals surface area contributed by atoms with E-state index in [4.69, 9.17) is 0 Å². The summed E-state index contributed by atoms with van der Waals surface area (Å²) >= 11 is 0. The fourth-order valence-corrected chi connectivity index (χ4v) is 1.99. The van der Waals surface area contributed by atoms with Crippen LogP contribution in [-0.4, -0.2) is 14.9 Å². The maximum atomic E-state index is 13.6. The van der Waals surface area contributed by atoms with Crippen molar-refractivity contribution < 1.29 is 22.7 Å². The van der Waals surface area contributed by atoms with E-state index in [2.05, 4.69) is 5.10 Å². The lowest BCUT2D eigenvalue weighted by molar-refractivity contribution is -0.137. The Bertz CT molecular complexity index is 622.